The molecule has 0 radical (unpaired) electrons. The van der Waals surface area contributed by atoms with Crippen LogP contribution in [0.1, 0.15) is 20.8 Å². The maximum atomic E-state index is 13.7. The molecule has 0 fully saturated rings. The summed E-state index contributed by atoms with van der Waals surface area (Å²) in [5, 5.41) is 11.2. The minimum Gasteiger partial charge on any atom is -0.480 e. The van der Waals surface area contributed by atoms with Crippen LogP contribution >= 0.6 is 15.9 Å². The monoisotopic (exact) mass is 364 g/mol. The van der Waals surface area contributed by atoms with Crippen molar-refractivity contribution in [2.45, 2.75) is 26.3 Å². The Balaban J connectivity index is 3.08. The Kier molecular flexibility index (Phi) is 5.27. The van der Waals surface area contributed by atoms with E-state index in [9.17, 15) is 18.4 Å². The number of amides is 2. The molecular weight excluding hydrogens is 350 g/mol. The molecule has 0 saturated heterocycles. The second kappa shape index (κ2) is 6.38. The van der Waals surface area contributed by atoms with Crippen LogP contribution in [0.25, 0.3) is 0 Å². The number of hydrogen-bond donors (Lipinski definition) is 2. The normalized spacial score (nSPS) is 11.1. The summed E-state index contributed by atoms with van der Waals surface area (Å²) in [6.07, 6.45) is 0. The lowest BCUT2D eigenvalue weighted by molar-refractivity contribution is -0.147. The third kappa shape index (κ3) is 3.69. The third-order valence-corrected chi connectivity index (χ3v) is 3.46. The summed E-state index contributed by atoms with van der Waals surface area (Å²) in [6.45, 7) is 4.28. The van der Waals surface area contributed by atoms with Gasteiger partial charge in [0.2, 0.25) is 0 Å². The maximum Gasteiger partial charge on any atom is 0.329 e. The lowest BCUT2D eigenvalue weighted by atomic mass is 10.0. The van der Waals surface area contributed by atoms with Gasteiger partial charge in [-0.3, -0.25) is 0 Å². The molecule has 21 heavy (non-hydrogen) atoms. The molecule has 2 amide bonds. The molecule has 0 aliphatic rings. The SMILES string of the molecule is CCN(C(=O)Nc1c(F)cc(Br)cc1F)C(C)(C)C(=O)O. The molecule has 0 heterocycles. The number of nitrogens with one attached hydrogen (secondary N) is 1. The van der Waals surface area contributed by atoms with E-state index in [4.69, 9.17) is 5.11 Å². The fourth-order valence-corrected chi connectivity index (χ4v) is 2.15. The summed E-state index contributed by atoms with van der Waals surface area (Å²) in [5.41, 5.74) is -2.14. The molecule has 0 aliphatic heterocycles. The van der Waals surface area contributed by atoms with E-state index in [0.717, 1.165) is 17.0 Å². The third-order valence-electron chi connectivity index (χ3n) is 3.00. The quantitative estimate of drug-likeness (QED) is 0.859. The van der Waals surface area contributed by atoms with Gasteiger partial charge in [-0.25, -0.2) is 18.4 Å². The van der Waals surface area contributed by atoms with E-state index in [1.807, 2.05) is 0 Å². The summed E-state index contributed by atoms with van der Waals surface area (Å²) in [4.78, 5) is 24.2. The Bertz CT molecular complexity index is 556. The van der Waals surface area contributed by atoms with Crippen molar-refractivity contribution in [3.8, 4) is 0 Å². The number of halogens is 3. The van der Waals surface area contributed by atoms with E-state index in [0.29, 0.717) is 0 Å². The van der Waals surface area contributed by atoms with Crippen LogP contribution in [-0.4, -0.2) is 34.1 Å². The number of nitrogens with zero attached hydrogens (tertiary/aromatic N) is 1. The second-order valence-corrected chi connectivity index (χ2v) is 5.70. The Morgan fingerprint density at radius 3 is 2.19 bits per heavy atom. The van der Waals surface area contributed by atoms with Crippen molar-refractivity contribution in [3.63, 3.8) is 0 Å². The Morgan fingerprint density at radius 1 is 1.33 bits per heavy atom. The lowest BCUT2D eigenvalue weighted by Gasteiger charge is -2.34. The highest BCUT2D eigenvalue weighted by Gasteiger charge is 2.37. The summed E-state index contributed by atoms with van der Waals surface area (Å²) in [6, 6.07) is 1.10. The van der Waals surface area contributed by atoms with Gasteiger partial charge in [-0.2, -0.15) is 0 Å². The first-order chi connectivity index (χ1) is 9.61. The number of likely N-dealkylation sites (N-methyl/N-ethyl adjacent to an activating group) is 1. The van der Waals surface area contributed by atoms with Gasteiger partial charge in [0.1, 0.15) is 11.2 Å². The van der Waals surface area contributed by atoms with Gasteiger partial charge in [-0.05, 0) is 32.9 Å². The summed E-state index contributed by atoms with van der Waals surface area (Å²) >= 11 is 2.93. The molecule has 5 nitrogen and oxygen atoms in total. The van der Waals surface area contributed by atoms with Crippen molar-refractivity contribution in [2.24, 2.45) is 0 Å². The van der Waals surface area contributed by atoms with Crippen LogP contribution in [0.4, 0.5) is 19.3 Å². The Morgan fingerprint density at radius 2 is 1.81 bits per heavy atom. The number of carbonyl (C=O) groups is 2. The number of anilines is 1. The molecular formula is C13H15BrF2N2O3. The first-order valence-electron chi connectivity index (χ1n) is 6.07. The topological polar surface area (TPSA) is 69.6 Å². The zero-order chi connectivity index (χ0) is 16.4. The molecule has 0 unspecified atom stereocenters. The second-order valence-electron chi connectivity index (χ2n) is 4.78. The first-order valence-corrected chi connectivity index (χ1v) is 6.87. The van der Waals surface area contributed by atoms with Gasteiger partial charge in [0.05, 0.1) is 0 Å². The average Bonchev–Trinajstić information content (AvgIpc) is 2.34. The van der Waals surface area contributed by atoms with E-state index in [1.54, 1.807) is 6.92 Å². The summed E-state index contributed by atoms with van der Waals surface area (Å²) in [5.74, 6) is -3.14. The number of carboxylic acid groups (broad SMARTS) is 1. The van der Waals surface area contributed by atoms with Gasteiger partial charge >= 0.3 is 12.0 Å². The standard InChI is InChI=1S/C13H15BrF2N2O3/c1-4-18(13(2,3)11(19)20)12(21)17-10-8(15)5-7(14)6-9(10)16/h5-6H,4H2,1-3H3,(H,17,21)(H,19,20). The summed E-state index contributed by atoms with van der Waals surface area (Å²) < 4.78 is 27.5. The molecule has 2 N–H and O–H groups in total. The number of rotatable bonds is 4. The zero-order valence-electron chi connectivity index (χ0n) is 11.7. The highest BCUT2D eigenvalue weighted by Crippen LogP contribution is 2.25. The molecule has 1 aromatic carbocycles. The Labute approximate surface area is 129 Å². The van der Waals surface area contributed by atoms with Gasteiger partial charge in [0, 0.05) is 11.0 Å². The van der Waals surface area contributed by atoms with Gasteiger partial charge in [0.15, 0.2) is 11.6 Å². The summed E-state index contributed by atoms with van der Waals surface area (Å²) in [7, 11) is 0. The van der Waals surface area contributed by atoms with E-state index in [1.165, 1.54) is 13.8 Å². The number of carboxylic acids is 1. The van der Waals surface area contributed by atoms with Crippen LogP contribution in [-0.2, 0) is 4.79 Å². The number of urea groups is 1. The molecule has 116 valence electrons. The highest BCUT2D eigenvalue weighted by molar-refractivity contribution is 9.10. The largest absolute Gasteiger partial charge is 0.480 e. The minimum absolute atomic E-state index is 0.0604. The highest BCUT2D eigenvalue weighted by atomic mass is 79.9. The van der Waals surface area contributed by atoms with E-state index < -0.39 is 34.9 Å². The van der Waals surface area contributed by atoms with Gasteiger partial charge in [-0.1, -0.05) is 15.9 Å². The molecule has 0 aliphatic carbocycles. The van der Waals surface area contributed by atoms with Crippen molar-refractivity contribution >= 4 is 33.6 Å². The van der Waals surface area contributed by atoms with Crippen LogP contribution in [0, 0.1) is 11.6 Å². The number of benzene rings is 1. The zero-order valence-corrected chi connectivity index (χ0v) is 13.3. The van der Waals surface area contributed by atoms with E-state index in [2.05, 4.69) is 21.2 Å². The molecule has 8 heteroatoms. The van der Waals surface area contributed by atoms with Crippen LogP contribution in [0.3, 0.4) is 0 Å². The molecule has 1 aromatic rings. The van der Waals surface area contributed by atoms with Crippen LogP contribution in [0.5, 0.6) is 0 Å². The minimum atomic E-state index is -1.51. The smallest absolute Gasteiger partial charge is 0.329 e. The molecule has 0 saturated carbocycles. The van der Waals surface area contributed by atoms with Gasteiger partial charge < -0.3 is 15.3 Å². The van der Waals surface area contributed by atoms with Crippen molar-refractivity contribution in [1.82, 2.24) is 4.90 Å². The van der Waals surface area contributed by atoms with Crippen molar-refractivity contribution in [3.05, 3.63) is 28.2 Å². The first kappa shape index (κ1) is 17.4. The van der Waals surface area contributed by atoms with Crippen molar-refractivity contribution in [2.75, 3.05) is 11.9 Å². The lowest BCUT2D eigenvalue weighted by Crippen LogP contribution is -2.54. The van der Waals surface area contributed by atoms with Gasteiger partial charge in [0.25, 0.3) is 0 Å². The fourth-order valence-electron chi connectivity index (χ4n) is 1.74. The molecule has 0 bridgehead atoms. The molecule has 0 atom stereocenters. The number of carbonyl (C=O) groups excluding carboxylic acids is 1. The van der Waals surface area contributed by atoms with E-state index in [-0.39, 0.29) is 11.0 Å². The Hall–Kier alpha value is -1.70. The number of hydrogen-bond acceptors (Lipinski definition) is 2. The fraction of sp³-hybridized carbons (Fsp3) is 0.385. The molecule has 1 rings (SSSR count). The average molecular weight is 365 g/mol. The molecule has 0 spiro atoms. The number of aliphatic carboxylic acids is 1. The van der Waals surface area contributed by atoms with Crippen molar-refractivity contribution in [1.29, 1.82) is 0 Å². The van der Waals surface area contributed by atoms with E-state index >= 15 is 0 Å². The van der Waals surface area contributed by atoms with Crippen LogP contribution in [0.2, 0.25) is 0 Å². The van der Waals surface area contributed by atoms with Gasteiger partial charge in [-0.15, -0.1) is 0 Å². The van der Waals surface area contributed by atoms with Crippen LogP contribution in [0.15, 0.2) is 16.6 Å². The van der Waals surface area contributed by atoms with Crippen molar-refractivity contribution < 1.29 is 23.5 Å². The molecule has 0 aromatic heterocycles. The maximum absolute atomic E-state index is 13.7. The van der Waals surface area contributed by atoms with Crippen LogP contribution < -0.4 is 5.32 Å². The predicted molar refractivity (Wildman–Crippen MR) is 77.2 cm³/mol. The predicted octanol–water partition coefficient (Wildman–Crippen LogP) is 3.44.